The van der Waals surface area contributed by atoms with Crippen molar-refractivity contribution in [2.24, 2.45) is 11.8 Å². The SMILES string of the molecule is CC1(C)C2CNCC2CN1c1nccc2c(Br)cccc12. The summed E-state index contributed by atoms with van der Waals surface area (Å²) in [6.45, 7) is 8.09. The number of hydrogen-bond donors (Lipinski definition) is 1. The van der Waals surface area contributed by atoms with E-state index < -0.39 is 0 Å². The summed E-state index contributed by atoms with van der Waals surface area (Å²) < 4.78 is 1.14. The third-order valence-electron chi connectivity index (χ3n) is 5.35. The Hall–Kier alpha value is -1.13. The summed E-state index contributed by atoms with van der Waals surface area (Å²) in [5, 5.41) is 6.03. The van der Waals surface area contributed by atoms with Crippen molar-refractivity contribution in [1.82, 2.24) is 10.3 Å². The number of rotatable bonds is 1. The fraction of sp³-hybridized carbons (Fsp3) is 0.471. The number of pyridine rings is 1. The Labute approximate surface area is 133 Å². The van der Waals surface area contributed by atoms with Gasteiger partial charge in [0.25, 0.3) is 0 Å². The minimum absolute atomic E-state index is 0.151. The number of aromatic nitrogens is 1. The van der Waals surface area contributed by atoms with Gasteiger partial charge in [-0.15, -0.1) is 0 Å². The molecule has 0 amide bonds. The normalized spacial score (nSPS) is 27.3. The van der Waals surface area contributed by atoms with Crippen molar-refractivity contribution in [3.8, 4) is 0 Å². The van der Waals surface area contributed by atoms with Gasteiger partial charge < -0.3 is 10.2 Å². The van der Waals surface area contributed by atoms with Gasteiger partial charge in [-0.25, -0.2) is 4.98 Å². The van der Waals surface area contributed by atoms with Crippen molar-refractivity contribution >= 4 is 32.5 Å². The Morgan fingerprint density at radius 1 is 1.24 bits per heavy atom. The zero-order valence-corrected chi connectivity index (χ0v) is 14.0. The molecule has 1 aromatic carbocycles. The second-order valence-corrected chi connectivity index (χ2v) is 7.61. The maximum atomic E-state index is 4.74. The molecule has 2 atom stereocenters. The molecule has 2 aliphatic rings. The number of halogens is 1. The lowest BCUT2D eigenvalue weighted by molar-refractivity contribution is 0.356. The fourth-order valence-electron chi connectivity index (χ4n) is 4.15. The Kier molecular flexibility index (Phi) is 3.02. The van der Waals surface area contributed by atoms with Gasteiger partial charge in [-0.05, 0) is 37.8 Å². The van der Waals surface area contributed by atoms with Gasteiger partial charge >= 0.3 is 0 Å². The molecule has 1 N–H and O–H groups in total. The smallest absolute Gasteiger partial charge is 0.136 e. The van der Waals surface area contributed by atoms with Gasteiger partial charge in [0.2, 0.25) is 0 Å². The second kappa shape index (κ2) is 4.68. The van der Waals surface area contributed by atoms with Crippen molar-refractivity contribution < 1.29 is 0 Å². The highest BCUT2D eigenvalue weighted by molar-refractivity contribution is 9.10. The maximum absolute atomic E-state index is 4.74. The van der Waals surface area contributed by atoms with Crippen molar-refractivity contribution in [1.29, 1.82) is 0 Å². The first-order chi connectivity index (χ1) is 10.1. The molecule has 2 saturated heterocycles. The van der Waals surface area contributed by atoms with Gasteiger partial charge in [0.05, 0.1) is 0 Å². The predicted octanol–water partition coefficient (Wildman–Crippen LogP) is 3.43. The molecular weight excluding hydrogens is 326 g/mol. The standard InChI is InChI=1S/C17H20BrN3/c1-17(2)14-9-19-8-11(14)10-21(17)16-13-4-3-5-15(18)12(13)6-7-20-16/h3-7,11,14,19H,8-10H2,1-2H3. The summed E-state index contributed by atoms with van der Waals surface area (Å²) in [6.07, 6.45) is 1.94. The van der Waals surface area contributed by atoms with Crippen LogP contribution in [0.3, 0.4) is 0 Å². The van der Waals surface area contributed by atoms with E-state index in [4.69, 9.17) is 4.98 Å². The fourth-order valence-corrected chi connectivity index (χ4v) is 4.65. The van der Waals surface area contributed by atoms with E-state index in [0.717, 1.165) is 35.8 Å². The van der Waals surface area contributed by atoms with Crippen LogP contribution in [0.5, 0.6) is 0 Å². The third kappa shape index (κ3) is 1.92. The number of benzene rings is 1. The number of nitrogens with one attached hydrogen (secondary N) is 1. The first-order valence-electron chi connectivity index (χ1n) is 7.60. The number of nitrogens with zero attached hydrogens (tertiary/aromatic N) is 2. The molecule has 4 heteroatoms. The van der Waals surface area contributed by atoms with E-state index in [1.54, 1.807) is 0 Å². The van der Waals surface area contributed by atoms with Gasteiger partial charge in [0, 0.05) is 46.6 Å². The van der Waals surface area contributed by atoms with Crippen LogP contribution in [0.15, 0.2) is 34.9 Å². The molecule has 21 heavy (non-hydrogen) atoms. The highest BCUT2D eigenvalue weighted by atomic mass is 79.9. The first kappa shape index (κ1) is 13.5. The largest absolute Gasteiger partial charge is 0.350 e. The van der Waals surface area contributed by atoms with E-state index in [9.17, 15) is 0 Å². The zero-order chi connectivity index (χ0) is 14.6. The van der Waals surface area contributed by atoms with Crippen LogP contribution in [-0.4, -0.2) is 30.2 Å². The third-order valence-corrected chi connectivity index (χ3v) is 6.04. The van der Waals surface area contributed by atoms with Crippen molar-refractivity contribution in [2.45, 2.75) is 19.4 Å². The molecule has 0 aliphatic carbocycles. The molecule has 0 radical (unpaired) electrons. The van der Waals surface area contributed by atoms with E-state index in [2.05, 4.69) is 64.3 Å². The van der Waals surface area contributed by atoms with Crippen molar-refractivity contribution in [2.75, 3.05) is 24.5 Å². The number of fused-ring (bicyclic) bond motifs is 2. The predicted molar refractivity (Wildman–Crippen MR) is 90.7 cm³/mol. The summed E-state index contributed by atoms with van der Waals surface area (Å²) >= 11 is 3.66. The minimum Gasteiger partial charge on any atom is -0.350 e. The zero-order valence-electron chi connectivity index (χ0n) is 12.4. The molecule has 0 saturated carbocycles. The molecule has 2 fully saturated rings. The molecule has 4 rings (SSSR count). The lowest BCUT2D eigenvalue weighted by Gasteiger charge is -2.37. The van der Waals surface area contributed by atoms with E-state index in [1.807, 2.05) is 6.20 Å². The average molecular weight is 346 g/mol. The summed E-state index contributed by atoms with van der Waals surface area (Å²) in [4.78, 5) is 7.26. The van der Waals surface area contributed by atoms with Crippen molar-refractivity contribution in [3.05, 3.63) is 34.9 Å². The summed E-state index contributed by atoms with van der Waals surface area (Å²) in [7, 11) is 0. The average Bonchev–Trinajstić information content (AvgIpc) is 3.02. The van der Waals surface area contributed by atoms with Crippen LogP contribution >= 0.6 is 15.9 Å². The molecule has 3 nitrogen and oxygen atoms in total. The molecule has 1 aromatic heterocycles. The van der Waals surface area contributed by atoms with Gasteiger partial charge in [-0.3, -0.25) is 0 Å². The monoisotopic (exact) mass is 345 g/mol. The summed E-state index contributed by atoms with van der Waals surface area (Å²) in [6, 6.07) is 8.47. The van der Waals surface area contributed by atoms with Gasteiger partial charge in [0.1, 0.15) is 5.82 Å². The molecule has 0 spiro atoms. The quantitative estimate of drug-likeness (QED) is 0.858. The Bertz CT molecular complexity index is 697. The van der Waals surface area contributed by atoms with Crippen LogP contribution in [0.2, 0.25) is 0 Å². The molecule has 3 heterocycles. The highest BCUT2D eigenvalue weighted by Gasteiger charge is 2.50. The van der Waals surface area contributed by atoms with Crippen LogP contribution in [-0.2, 0) is 0 Å². The van der Waals surface area contributed by atoms with Crippen LogP contribution in [0.1, 0.15) is 13.8 Å². The Morgan fingerprint density at radius 3 is 2.90 bits per heavy atom. The van der Waals surface area contributed by atoms with E-state index in [-0.39, 0.29) is 5.54 Å². The molecule has 110 valence electrons. The number of hydrogen-bond acceptors (Lipinski definition) is 3. The van der Waals surface area contributed by atoms with Crippen LogP contribution in [0.25, 0.3) is 10.8 Å². The van der Waals surface area contributed by atoms with Crippen LogP contribution in [0.4, 0.5) is 5.82 Å². The van der Waals surface area contributed by atoms with E-state index in [1.165, 1.54) is 10.8 Å². The van der Waals surface area contributed by atoms with E-state index in [0.29, 0.717) is 5.92 Å². The van der Waals surface area contributed by atoms with Gasteiger partial charge in [0.15, 0.2) is 0 Å². The molecule has 2 aromatic rings. The van der Waals surface area contributed by atoms with Crippen molar-refractivity contribution in [3.63, 3.8) is 0 Å². The molecule has 0 bridgehead atoms. The maximum Gasteiger partial charge on any atom is 0.136 e. The summed E-state index contributed by atoms with van der Waals surface area (Å²) in [5.41, 5.74) is 0.151. The minimum atomic E-state index is 0.151. The first-order valence-corrected chi connectivity index (χ1v) is 8.40. The van der Waals surface area contributed by atoms with Gasteiger partial charge in [-0.1, -0.05) is 28.1 Å². The van der Waals surface area contributed by atoms with Crippen LogP contribution < -0.4 is 10.2 Å². The molecule has 2 aliphatic heterocycles. The Balaban J connectivity index is 1.86. The summed E-state index contributed by atoms with van der Waals surface area (Å²) in [5.74, 6) is 2.58. The van der Waals surface area contributed by atoms with Gasteiger partial charge in [-0.2, -0.15) is 0 Å². The second-order valence-electron chi connectivity index (χ2n) is 6.76. The highest BCUT2D eigenvalue weighted by Crippen LogP contribution is 2.44. The van der Waals surface area contributed by atoms with E-state index >= 15 is 0 Å². The topological polar surface area (TPSA) is 28.2 Å². The lowest BCUT2D eigenvalue weighted by atomic mass is 9.85. The number of anilines is 1. The van der Waals surface area contributed by atoms with Crippen LogP contribution in [0, 0.1) is 11.8 Å². The Morgan fingerprint density at radius 2 is 2.10 bits per heavy atom. The molecule has 2 unspecified atom stereocenters. The lowest BCUT2D eigenvalue weighted by Crippen LogP contribution is -2.45. The molecular formula is C17H20BrN3.